The Morgan fingerprint density at radius 3 is 2.46 bits per heavy atom. The highest BCUT2D eigenvalue weighted by Gasteiger charge is 2.31. The average Bonchev–Trinajstić information content (AvgIpc) is 3.45. The zero-order valence-corrected chi connectivity index (χ0v) is 22.8. The molecule has 1 saturated carbocycles. The predicted octanol–water partition coefficient (Wildman–Crippen LogP) is 3.52. The van der Waals surface area contributed by atoms with Gasteiger partial charge in [0.25, 0.3) is 5.91 Å². The molecule has 4 rings (SSSR count). The normalized spacial score (nSPS) is 17.5. The van der Waals surface area contributed by atoms with Crippen molar-refractivity contribution in [1.82, 2.24) is 25.6 Å². The standard InChI is InChI=1S/C30H41N5O4/c1-19(2)27(36)15-28(37)24(12-20-8-4-3-5-9-20)34-30(39)26(14-23-17-31-18-33-23)35-29(38)25-13-21-10-6-7-11-22(21)16-32-25/h6-7,10-11,13,16-20,24,26-28,36-37H,3-5,8-9,12,14-15H2,1-2H3,(H,31,33)(H,34,39)(H,35,38)/t24-,26-,27-,28-/m0/s1. The number of benzene rings is 1. The number of nitrogens with one attached hydrogen (secondary N) is 3. The first kappa shape index (κ1) is 28.7. The van der Waals surface area contributed by atoms with Crippen molar-refractivity contribution < 1.29 is 19.8 Å². The summed E-state index contributed by atoms with van der Waals surface area (Å²) in [5.74, 6) is -0.456. The Hall–Kier alpha value is -3.30. The summed E-state index contributed by atoms with van der Waals surface area (Å²) < 4.78 is 0. The average molecular weight is 536 g/mol. The second-order valence-electron chi connectivity index (χ2n) is 11.2. The van der Waals surface area contributed by atoms with Crippen LogP contribution in [0.25, 0.3) is 10.8 Å². The topological polar surface area (TPSA) is 140 Å². The van der Waals surface area contributed by atoms with E-state index in [9.17, 15) is 19.8 Å². The Bertz CT molecular complexity index is 1210. The first-order valence-corrected chi connectivity index (χ1v) is 14.1. The van der Waals surface area contributed by atoms with Gasteiger partial charge in [-0.3, -0.25) is 14.6 Å². The van der Waals surface area contributed by atoms with E-state index >= 15 is 0 Å². The van der Waals surface area contributed by atoms with Crippen LogP contribution in [0.5, 0.6) is 0 Å². The van der Waals surface area contributed by atoms with Crippen molar-refractivity contribution in [2.45, 2.75) is 89.5 Å². The number of amides is 2. The highest BCUT2D eigenvalue weighted by atomic mass is 16.3. The van der Waals surface area contributed by atoms with Gasteiger partial charge in [0.05, 0.1) is 24.6 Å². The second-order valence-corrected chi connectivity index (χ2v) is 11.2. The molecule has 0 bridgehead atoms. The van der Waals surface area contributed by atoms with E-state index in [-0.39, 0.29) is 24.5 Å². The number of pyridine rings is 1. The Morgan fingerprint density at radius 1 is 1.03 bits per heavy atom. The summed E-state index contributed by atoms with van der Waals surface area (Å²) >= 11 is 0. The van der Waals surface area contributed by atoms with Gasteiger partial charge in [-0.1, -0.05) is 70.2 Å². The number of aliphatic hydroxyl groups excluding tert-OH is 2. The van der Waals surface area contributed by atoms with Crippen molar-refractivity contribution in [2.24, 2.45) is 11.8 Å². The number of carbonyl (C=O) groups is 2. The number of nitrogens with zero attached hydrogens (tertiary/aromatic N) is 2. The highest BCUT2D eigenvalue weighted by Crippen LogP contribution is 2.29. The number of aromatic nitrogens is 3. The minimum absolute atomic E-state index is 0.00690. The fraction of sp³-hybridized carbons (Fsp3) is 0.533. The molecule has 0 saturated heterocycles. The van der Waals surface area contributed by atoms with Gasteiger partial charge < -0.3 is 25.8 Å². The smallest absolute Gasteiger partial charge is 0.270 e. The Morgan fingerprint density at radius 2 is 1.77 bits per heavy atom. The van der Waals surface area contributed by atoms with Crippen LogP contribution in [0.3, 0.4) is 0 Å². The molecule has 39 heavy (non-hydrogen) atoms. The fourth-order valence-corrected chi connectivity index (χ4v) is 5.33. The molecule has 9 nitrogen and oxygen atoms in total. The SMILES string of the molecule is CC(C)[C@@H](O)C[C@H](O)[C@H](CC1CCCCC1)NC(=O)[C@H](Cc1cnc[nH]1)NC(=O)c1cc2ccccc2cn1. The Balaban J connectivity index is 1.51. The van der Waals surface area contributed by atoms with Crippen LogP contribution in [-0.2, 0) is 11.2 Å². The van der Waals surface area contributed by atoms with E-state index < -0.39 is 36.1 Å². The molecular weight excluding hydrogens is 494 g/mol. The molecule has 9 heteroatoms. The molecule has 210 valence electrons. The van der Waals surface area contributed by atoms with Crippen molar-refractivity contribution in [3.05, 3.63) is 60.4 Å². The summed E-state index contributed by atoms with van der Waals surface area (Å²) in [4.78, 5) is 38.2. The summed E-state index contributed by atoms with van der Waals surface area (Å²) in [6, 6.07) is 7.90. The van der Waals surface area contributed by atoms with Crippen molar-refractivity contribution in [1.29, 1.82) is 0 Å². The molecule has 2 amide bonds. The number of fused-ring (bicyclic) bond motifs is 1. The molecule has 5 N–H and O–H groups in total. The summed E-state index contributed by atoms with van der Waals surface area (Å²) in [6.45, 7) is 3.81. The lowest BCUT2D eigenvalue weighted by molar-refractivity contribution is -0.125. The van der Waals surface area contributed by atoms with E-state index in [0.717, 1.165) is 36.5 Å². The number of hydrogen-bond acceptors (Lipinski definition) is 6. The summed E-state index contributed by atoms with van der Waals surface area (Å²) in [5.41, 5.74) is 0.913. The van der Waals surface area contributed by atoms with Gasteiger partial charge in [-0.25, -0.2) is 4.98 Å². The predicted molar refractivity (Wildman–Crippen MR) is 150 cm³/mol. The minimum atomic E-state index is -0.915. The number of aliphatic hydroxyl groups is 2. The molecule has 0 unspecified atom stereocenters. The molecule has 0 aliphatic heterocycles. The lowest BCUT2D eigenvalue weighted by Crippen LogP contribution is -2.54. The van der Waals surface area contributed by atoms with Crippen LogP contribution in [0.4, 0.5) is 0 Å². The van der Waals surface area contributed by atoms with E-state index in [4.69, 9.17) is 0 Å². The fourth-order valence-electron chi connectivity index (χ4n) is 5.33. The van der Waals surface area contributed by atoms with Crippen LogP contribution in [0, 0.1) is 11.8 Å². The maximum absolute atomic E-state index is 13.7. The van der Waals surface area contributed by atoms with E-state index in [1.807, 2.05) is 38.1 Å². The zero-order chi connectivity index (χ0) is 27.8. The largest absolute Gasteiger partial charge is 0.393 e. The van der Waals surface area contributed by atoms with Crippen molar-refractivity contribution >= 4 is 22.6 Å². The van der Waals surface area contributed by atoms with Crippen molar-refractivity contribution in [3.63, 3.8) is 0 Å². The van der Waals surface area contributed by atoms with Crippen LogP contribution in [0.1, 0.15) is 75.0 Å². The summed E-state index contributed by atoms with van der Waals surface area (Å²) in [5, 5.41) is 29.2. The summed E-state index contributed by atoms with van der Waals surface area (Å²) in [6.07, 6.45) is 9.85. The third kappa shape index (κ3) is 8.10. The van der Waals surface area contributed by atoms with Gasteiger partial charge in [0.2, 0.25) is 5.91 Å². The molecule has 1 aromatic carbocycles. The molecule has 1 fully saturated rings. The van der Waals surface area contributed by atoms with Crippen LogP contribution < -0.4 is 10.6 Å². The van der Waals surface area contributed by atoms with Crippen LogP contribution >= 0.6 is 0 Å². The lowest BCUT2D eigenvalue weighted by atomic mass is 9.82. The van der Waals surface area contributed by atoms with Crippen molar-refractivity contribution in [2.75, 3.05) is 0 Å². The molecule has 2 aromatic heterocycles. The van der Waals surface area contributed by atoms with Gasteiger partial charge in [-0.05, 0) is 29.7 Å². The van der Waals surface area contributed by atoms with E-state index in [1.165, 1.54) is 12.7 Å². The Kier molecular flexibility index (Phi) is 10.1. The number of imidazole rings is 1. The van der Waals surface area contributed by atoms with Gasteiger partial charge in [-0.15, -0.1) is 0 Å². The van der Waals surface area contributed by atoms with Crippen molar-refractivity contribution in [3.8, 4) is 0 Å². The molecule has 0 radical (unpaired) electrons. The van der Waals surface area contributed by atoms with Crippen LogP contribution in [0.2, 0.25) is 0 Å². The molecule has 0 spiro atoms. The van der Waals surface area contributed by atoms with Gasteiger partial charge in [0.1, 0.15) is 11.7 Å². The maximum Gasteiger partial charge on any atom is 0.270 e. The Labute approximate surface area is 229 Å². The van der Waals surface area contributed by atoms with E-state index in [0.29, 0.717) is 18.0 Å². The molecular formula is C30H41N5O4. The van der Waals surface area contributed by atoms with Crippen LogP contribution in [0.15, 0.2) is 49.1 Å². The summed E-state index contributed by atoms with van der Waals surface area (Å²) in [7, 11) is 0. The zero-order valence-electron chi connectivity index (χ0n) is 22.8. The van der Waals surface area contributed by atoms with E-state index in [1.54, 1.807) is 18.5 Å². The molecule has 2 heterocycles. The maximum atomic E-state index is 13.7. The van der Waals surface area contributed by atoms with E-state index in [2.05, 4.69) is 25.6 Å². The lowest BCUT2D eigenvalue weighted by Gasteiger charge is -2.32. The number of rotatable bonds is 12. The molecule has 1 aliphatic rings. The molecule has 4 atom stereocenters. The third-order valence-electron chi connectivity index (χ3n) is 7.82. The number of carbonyl (C=O) groups excluding carboxylic acids is 2. The van der Waals surface area contributed by atoms with Gasteiger partial charge >= 0.3 is 0 Å². The monoisotopic (exact) mass is 535 g/mol. The first-order valence-electron chi connectivity index (χ1n) is 14.1. The number of hydrogen-bond donors (Lipinski definition) is 5. The number of H-pyrrole nitrogens is 1. The first-order chi connectivity index (χ1) is 18.8. The molecule has 1 aliphatic carbocycles. The van der Waals surface area contributed by atoms with Gasteiger partial charge in [0.15, 0.2) is 0 Å². The third-order valence-corrected chi connectivity index (χ3v) is 7.82. The number of aromatic amines is 1. The quantitative estimate of drug-likeness (QED) is 0.240. The van der Waals surface area contributed by atoms with Gasteiger partial charge in [0, 0.05) is 36.3 Å². The van der Waals surface area contributed by atoms with Gasteiger partial charge in [-0.2, -0.15) is 0 Å². The van der Waals surface area contributed by atoms with Crippen LogP contribution in [-0.4, -0.2) is 61.3 Å². The molecule has 3 aromatic rings. The second kappa shape index (κ2) is 13.7. The highest BCUT2D eigenvalue weighted by molar-refractivity contribution is 5.98. The minimum Gasteiger partial charge on any atom is -0.393 e.